The number of aliphatic hydroxyl groups excluding tert-OH is 1. The first-order valence-corrected chi connectivity index (χ1v) is 6.10. The van der Waals surface area contributed by atoms with Crippen LogP contribution in [0.2, 0.25) is 0 Å². The van der Waals surface area contributed by atoms with Crippen LogP contribution >= 0.6 is 11.3 Å². The number of rotatable bonds is 4. The molecule has 0 spiro atoms. The molecule has 0 radical (unpaired) electrons. The molecule has 2 aromatic heterocycles. The van der Waals surface area contributed by atoms with Gasteiger partial charge in [0, 0.05) is 22.2 Å². The quantitative estimate of drug-likeness (QED) is 0.903. The minimum Gasteiger partial charge on any atom is -0.481 e. The van der Waals surface area contributed by atoms with Crippen molar-refractivity contribution >= 4 is 11.3 Å². The maximum Gasteiger partial charge on any atom is 0.216 e. The molecule has 0 bridgehead atoms. The molecule has 0 amide bonds. The highest BCUT2D eigenvalue weighted by Crippen LogP contribution is 2.25. The lowest BCUT2D eigenvalue weighted by atomic mass is 10.1. The van der Waals surface area contributed by atoms with E-state index in [9.17, 15) is 5.11 Å². The summed E-state index contributed by atoms with van der Waals surface area (Å²) in [6, 6.07) is 5.69. The van der Waals surface area contributed by atoms with Crippen LogP contribution < -0.4 is 4.74 Å². The van der Waals surface area contributed by atoms with Gasteiger partial charge in [-0.25, -0.2) is 9.97 Å². The molecule has 0 aliphatic heterocycles. The molecule has 0 saturated carbocycles. The second-order valence-corrected chi connectivity index (χ2v) is 5.04. The number of hydrogen-bond donors (Lipinski definition) is 1. The van der Waals surface area contributed by atoms with Crippen LogP contribution in [-0.2, 0) is 6.42 Å². The molecule has 0 fully saturated rings. The third-order valence-electron chi connectivity index (χ3n) is 2.40. The van der Waals surface area contributed by atoms with Gasteiger partial charge in [-0.2, -0.15) is 0 Å². The zero-order chi connectivity index (χ0) is 12.3. The second-order valence-electron chi connectivity index (χ2n) is 3.72. The van der Waals surface area contributed by atoms with Crippen LogP contribution in [0.5, 0.6) is 5.88 Å². The van der Waals surface area contributed by atoms with E-state index < -0.39 is 6.10 Å². The van der Waals surface area contributed by atoms with E-state index in [2.05, 4.69) is 9.97 Å². The Morgan fingerprint density at radius 3 is 2.88 bits per heavy atom. The van der Waals surface area contributed by atoms with Crippen molar-refractivity contribution in [2.24, 2.45) is 0 Å². The van der Waals surface area contributed by atoms with Gasteiger partial charge in [0.25, 0.3) is 0 Å². The van der Waals surface area contributed by atoms with Crippen molar-refractivity contribution in [2.75, 3.05) is 7.11 Å². The summed E-state index contributed by atoms with van der Waals surface area (Å²) in [6.45, 7) is 2.02. The van der Waals surface area contributed by atoms with Crippen LogP contribution in [0.4, 0.5) is 0 Å². The minimum absolute atomic E-state index is 0.471. The first kappa shape index (κ1) is 12.0. The summed E-state index contributed by atoms with van der Waals surface area (Å²) in [7, 11) is 1.56. The van der Waals surface area contributed by atoms with Crippen molar-refractivity contribution in [3.8, 4) is 5.88 Å². The largest absolute Gasteiger partial charge is 0.481 e. The Morgan fingerprint density at radius 1 is 1.41 bits per heavy atom. The topological polar surface area (TPSA) is 55.2 Å². The summed E-state index contributed by atoms with van der Waals surface area (Å²) in [6.07, 6.45) is 1.40. The Morgan fingerprint density at radius 2 is 2.24 bits per heavy atom. The third kappa shape index (κ3) is 3.01. The van der Waals surface area contributed by atoms with E-state index in [0.717, 1.165) is 10.6 Å². The Bertz CT molecular complexity index is 499. The first-order valence-electron chi connectivity index (χ1n) is 5.28. The number of ether oxygens (including phenoxy) is 1. The average Bonchev–Trinajstić information content (AvgIpc) is 2.76. The van der Waals surface area contributed by atoms with Crippen molar-refractivity contribution in [3.63, 3.8) is 0 Å². The Hall–Kier alpha value is -1.46. The van der Waals surface area contributed by atoms with Crippen molar-refractivity contribution < 1.29 is 9.84 Å². The van der Waals surface area contributed by atoms with Gasteiger partial charge in [-0.1, -0.05) is 0 Å². The summed E-state index contributed by atoms with van der Waals surface area (Å²) >= 11 is 1.60. The van der Waals surface area contributed by atoms with E-state index >= 15 is 0 Å². The van der Waals surface area contributed by atoms with E-state index in [1.807, 2.05) is 19.1 Å². The zero-order valence-corrected chi connectivity index (χ0v) is 10.6. The van der Waals surface area contributed by atoms with Gasteiger partial charge < -0.3 is 9.84 Å². The van der Waals surface area contributed by atoms with Crippen molar-refractivity contribution in [3.05, 3.63) is 40.0 Å². The highest BCUT2D eigenvalue weighted by Gasteiger charge is 2.12. The monoisotopic (exact) mass is 250 g/mol. The van der Waals surface area contributed by atoms with Crippen LogP contribution in [0.3, 0.4) is 0 Å². The fourth-order valence-corrected chi connectivity index (χ4v) is 2.39. The molecule has 0 saturated heterocycles. The molecule has 2 aromatic rings. The van der Waals surface area contributed by atoms with E-state index in [0.29, 0.717) is 12.3 Å². The predicted molar refractivity (Wildman–Crippen MR) is 66.3 cm³/mol. The highest BCUT2D eigenvalue weighted by molar-refractivity contribution is 7.12. The van der Waals surface area contributed by atoms with E-state index in [-0.39, 0.29) is 0 Å². The Labute approximate surface area is 104 Å². The maximum absolute atomic E-state index is 10.1. The van der Waals surface area contributed by atoms with Crippen LogP contribution in [-0.4, -0.2) is 22.2 Å². The van der Waals surface area contributed by atoms with Gasteiger partial charge in [0.2, 0.25) is 5.88 Å². The molecule has 0 aliphatic rings. The molecule has 0 aromatic carbocycles. The number of nitrogens with zero attached hydrogens (tertiary/aromatic N) is 2. The second kappa shape index (κ2) is 5.25. The Balaban J connectivity index is 2.09. The molecule has 1 atom stereocenters. The summed E-state index contributed by atoms with van der Waals surface area (Å²) in [5.74, 6) is 0.518. The van der Waals surface area contributed by atoms with E-state index in [1.165, 1.54) is 11.2 Å². The van der Waals surface area contributed by atoms with Gasteiger partial charge >= 0.3 is 0 Å². The van der Waals surface area contributed by atoms with Gasteiger partial charge in [0.15, 0.2) is 0 Å². The SMILES string of the molecule is COc1cc(CC(O)c2ccc(C)s2)ncn1. The normalized spacial score (nSPS) is 12.4. The molecular formula is C12H14N2O2S. The zero-order valence-electron chi connectivity index (χ0n) is 9.75. The third-order valence-corrected chi connectivity index (χ3v) is 3.50. The molecule has 4 nitrogen and oxygen atoms in total. The lowest BCUT2D eigenvalue weighted by molar-refractivity contribution is 0.181. The fraction of sp³-hybridized carbons (Fsp3) is 0.333. The number of aliphatic hydroxyl groups is 1. The maximum atomic E-state index is 10.1. The van der Waals surface area contributed by atoms with Gasteiger partial charge in [0.1, 0.15) is 6.33 Å². The average molecular weight is 250 g/mol. The fourth-order valence-electron chi connectivity index (χ4n) is 1.53. The minimum atomic E-state index is -0.520. The molecule has 1 unspecified atom stereocenters. The van der Waals surface area contributed by atoms with Gasteiger partial charge in [0.05, 0.1) is 18.9 Å². The molecule has 2 heterocycles. The highest BCUT2D eigenvalue weighted by atomic mass is 32.1. The van der Waals surface area contributed by atoms with Crippen LogP contribution in [0.25, 0.3) is 0 Å². The molecular weight excluding hydrogens is 236 g/mol. The van der Waals surface area contributed by atoms with Crippen LogP contribution in [0, 0.1) is 6.92 Å². The number of aromatic nitrogens is 2. The molecule has 90 valence electrons. The van der Waals surface area contributed by atoms with Crippen LogP contribution in [0.1, 0.15) is 21.6 Å². The Kier molecular flexibility index (Phi) is 3.71. The number of methoxy groups -OCH3 is 1. The lowest BCUT2D eigenvalue weighted by Crippen LogP contribution is -2.02. The lowest BCUT2D eigenvalue weighted by Gasteiger charge is -2.08. The number of thiophene rings is 1. The number of hydrogen-bond acceptors (Lipinski definition) is 5. The summed E-state index contributed by atoms with van der Waals surface area (Å²) in [5, 5.41) is 10.1. The van der Waals surface area contributed by atoms with Gasteiger partial charge in [-0.05, 0) is 19.1 Å². The van der Waals surface area contributed by atoms with Crippen molar-refractivity contribution in [1.82, 2.24) is 9.97 Å². The predicted octanol–water partition coefficient (Wildman–Crippen LogP) is 2.13. The first-order chi connectivity index (χ1) is 8.19. The number of aryl methyl sites for hydroxylation is 1. The van der Waals surface area contributed by atoms with E-state index in [1.54, 1.807) is 24.5 Å². The van der Waals surface area contributed by atoms with Crippen LogP contribution in [0.15, 0.2) is 24.5 Å². The smallest absolute Gasteiger partial charge is 0.216 e. The van der Waals surface area contributed by atoms with Crippen molar-refractivity contribution in [2.45, 2.75) is 19.4 Å². The van der Waals surface area contributed by atoms with Gasteiger partial charge in [-0.3, -0.25) is 0 Å². The summed E-state index contributed by atoms with van der Waals surface area (Å²) < 4.78 is 5.02. The summed E-state index contributed by atoms with van der Waals surface area (Å²) in [5.41, 5.74) is 0.774. The molecule has 17 heavy (non-hydrogen) atoms. The molecule has 0 aliphatic carbocycles. The van der Waals surface area contributed by atoms with Crippen molar-refractivity contribution in [1.29, 1.82) is 0 Å². The summed E-state index contributed by atoms with van der Waals surface area (Å²) in [4.78, 5) is 10.2. The molecule has 1 N–H and O–H groups in total. The standard InChI is InChI=1S/C12H14N2O2S/c1-8-3-4-11(17-8)10(15)5-9-6-12(16-2)14-7-13-9/h3-4,6-7,10,15H,5H2,1-2H3. The molecule has 5 heteroatoms. The van der Waals surface area contributed by atoms with Gasteiger partial charge in [-0.15, -0.1) is 11.3 Å². The molecule has 2 rings (SSSR count). The van der Waals surface area contributed by atoms with E-state index in [4.69, 9.17) is 4.74 Å².